The zero-order chi connectivity index (χ0) is 34.0. The van der Waals surface area contributed by atoms with E-state index in [2.05, 4.69) is 32.0 Å². The average molecular weight is 681 g/mol. The molecule has 0 bridgehead atoms. The summed E-state index contributed by atoms with van der Waals surface area (Å²) >= 11 is 0. The third-order valence-corrected chi connectivity index (χ3v) is 8.98. The highest BCUT2D eigenvalue weighted by Crippen LogP contribution is 2.34. The maximum atomic E-state index is 13.9. The lowest BCUT2D eigenvalue weighted by molar-refractivity contribution is -0.144. The summed E-state index contributed by atoms with van der Waals surface area (Å²) in [5.41, 5.74) is 1.49. The molecule has 0 spiro atoms. The number of hydrogen-bond acceptors (Lipinski definition) is 9. The molecule has 0 radical (unpaired) electrons. The van der Waals surface area contributed by atoms with E-state index in [-0.39, 0.29) is 24.1 Å². The summed E-state index contributed by atoms with van der Waals surface area (Å²) in [5.74, 6) is -1.58. The molecule has 1 aromatic carbocycles. The molecule has 3 amide bonds. The van der Waals surface area contributed by atoms with Crippen molar-refractivity contribution in [2.24, 2.45) is 5.92 Å². The highest BCUT2D eigenvalue weighted by atomic mass is 32.2. The highest BCUT2D eigenvalue weighted by molar-refractivity contribution is 7.85. The van der Waals surface area contributed by atoms with E-state index in [1.165, 1.54) is 6.07 Å². The van der Waals surface area contributed by atoms with Crippen molar-refractivity contribution < 1.29 is 35.7 Å². The van der Waals surface area contributed by atoms with E-state index < -0.39 is 39.9 Å². The number of hydrogen-bond donors (Lipinski definition) is 4. The van der Waals surface area contributed by atoms with Gasteiger partial charge in [0.15, 0.2) is 0 Å². The lowest BCUT2D eigenvalue weighted by atomic mass is 9.92. The largest absolute Gasteiger partial charge is 0.451 e. The van der Waals surface area contributed by atoms with Gasteiger partial charge >= 0.3 is 12.2 Å². The molecule has 1 atom stereocenters. The van der Waals surface area contributed by atoms with Crippen LogP contribution in [0, 0.1) is 17.2 Å². The molecule has 2 aromatic rings. The quantitative estimate of drug-likeness (QED) is 0.182. The van der Waals surface area contributed by atoms with Crippen LogP contribution < -0.4 is 25.8 Å². The number of halogens is 3. The van der Waals surface area contributed by atoms with Gasteiger partial charge in [-0.1, -0.05) is 12.1 Å². The second kappa shape index (κ2) is 16.1. The Morgan fingerprint density at radius 2 is 1.66 bits per heavy atom. The maximum Gasteiger partial charge on any atom is 0.451 e. The molecule has 13 nitrogen and oxygen atoms in total. The molecule has 1 unspecified atom stereocenters. The van der Waals surface area contributed by atoms with Crippen molar-refractivity contribution in [1.82, 2.24) is 25.9 Å². The van der Waals surface area contributed by atoms with Crippen molar-refractivity contribution in [2.75, 3.05) is 54.8 Å². The number of nitrogens with zero attached hydrogens (tertiary/aromatic N) is 5. The number of piperidine rings is 1. The monoisotopic (exact) mass is 680 g/mol. The lowest BCUT2D eigenvalue weighted by Gasteiger charge is -2.34. The number of benzene rings is 1. The first-order chi connectivity index (χ1) is 22.3. The molecular formula is C30H39F3N8O5S. The third kappa shape index (κ3) is 11.0. The number of nitrogens with one attached hydrogen (secondary N) is 3. The van der Waals surface area contributed by atoms with Gasteiger partial charge < -0.3 is 25.8 Å². The van der Waals surface area contributed by atoms with Crippen LogP contribution in [0.4, 0.5) is 29.6 Å². The predicted octanol–water partition coefficient (Wildman–Crippen LogP) is 2.88. The van der Waals surface area contributed by atoms with Crippen LogP contribution in [0.1, 0.15) is 55.5 Å². The minimum Gasteiger partial charge on any atom is -0.356 e. The van der Waals surface area contributed by atoms with Crippen LogP contribution in [0.2, 0.25) is 0 Å². The number of amides is 3. The average Bonchev–Trinajstić information content (AvgIpc) is 3.53. The van der Waals surface area contributed by atoms with Crippen molar-refractivity contribution in [3.05, 3.63) is 47.3 Å². The zero-order valence-electron chi connectivity index (χ0n) is 25.8. The molecule has 2 saturated heterocycles. The number of urea groups is 1. The normalized spacial score (nSPS) is 17.3. The van der Waals surface area contributed by atoms with Gasteiger partial charge in [-0.2, -0.15) is 26.9 Å². The third-order valence-electron chi connectivity index (χ3n) is 8.26. The van der Waals surface area contributed by atoms with Gasteiger partial charge in [0.05, 0.1) is 17.4 Å². The number of rotatable bonds is 13. The SMILES string of the molecule is N#Cc1ccc(CCNC(=O)C2CCCN2c2cc(N3CCC(CCCNC(=O)NCCS(=O)(=O)O)CC3)nc(C(F)(F)F)n2)cc1. The fraction of sp³-hybridized carbons (Fsp3) is 0.567. The summed E-state index contributed by atoms with van der Waals surface area (Å²) in [6.07, 6.45) is -0.230. The van der Waals surface area contributed by atoms with E-state index in [9.17, 15) is 31.2 Å². The second-order valence-electron chi connectivity index (χ2n) is 11.6. The molecule has 0 saturated carbocycles. The molecule has 17 heteroatoms. The molecule has 2 aliphatic rings. The van der Waals surface area contributed by atoms with Gasteiger partial charge in [0.2, 0.25) is 11.7 Å². The number of carbonyl (C=O) groups excluding carboxylic acids is 2. The fourth-order valence-corrected chi connectivity index (χ4v) is 6.12. The Hall–Kier alpha value is -4.17. The van der Waals surface area contributed by atoms with E-state index in [0.717, 1.165) is 24.8 Å². The van der Waals surface area contributed by atoms with Gasteiger partial charge in [0.25, 0.3) is 10.1 Å². The molecule has 2 aliphatic heterocycles. The zero-order valence-corrected chi connectivity index (χ0v) is 26.6. The second-order valence-corrected chi connectivity index (χ2v) is 13.2. The molecule has 2 fully saturated rings. The summed E-state index contributed by atoms with van der Waals surface area (Å²) in [6.45, 7) is 1.85. The number of alkyl halides is 3. The maximum absolute atomic E-state index is 13.9. The number of carbonyl (C=O) groups is 2. The first kappa shape index (κ1) is 35.7. The summed E-state index contributed by atoms with van der Waals surface area (Å²) in [7, 11) is -4.15. The van der Waals surface area contributed by atoms with Gasteiger partial charge in [0, 0.05) is 45.3 Å². The highest BCUT2D eigenvalue weighted by Gasteiger charge is 2.39. The van der Waals surface area contributed by atoms with Gasteiger partial charge in [0.1, 0.15) is 17.7 Å². The Kier molecular flexibility index (Phi) is 12.2. The summed E-state index contributed by atoms with van der Waals surface area (Å²) < 4.78 is 71.9. The Bertz CT molecular complexity index is 1530. The van der Waals surface area contributed by atoms with E-state index in [0.29, 0.717) is 69.9 Å². The van der Waals surface area contributed by atoms with Crippen LogP contribution in [-0.2, 0) is 27.5 Å². The minimum absolute atomic E-state index is 0.0649. The predicted molar refractivity (Wildman–Crippen MR) is 167 cm³/mol. The van der Waals surface area contributed by atoms with Crippen molar-refractivity contribution in [2.45, 2.75) is 57.2 Å². The Balaban J connectivity index is 1.30. The topological polar surface area (TPSA) is 181 Å². The molecule has 3 heterocycles. The smallest absolute Gasteiger partial charge is 0.356 e. The number of aromatic nitrogens is 2. The van der Waals surface area contributed by atoms with Crippen LogP contribution in [0.5, 0.6) is 0 Å². The van der Waals surface area contributed by atoms with Crippen molar-refractivity contribution >= 4 is 33.7 Å². The summed E-state index contributed by atoms with van der Waals surface area (Å²) in [4.78, 5) is 36.0. The minimum atomic E-state index is -4.77. The van der Waals surface area contributed by atoms with Crippen molar-refractivity contribution in [1.29, 1.82) is 5.26 Å². The van der Waals surface area contributed by atoms with Crippen LogP contribution in [0.25, 0.3) is 0 Å². The van der Waals surface area contributed by atoms with Gasteiger partial charge in [-0.15, -0.1) is 0 Å². The Morgan fingerprint density at radius 1 is 0.979 bits per heavy atom. The Labute approximate surface area is 271 Å². The van der Waals surface area contributed by atoms with E-state index in [1.54, 1.807) is 21.9 Å². The van der Waals surface area contributed by atoms with Gasteiger partial charge in [-0.25, -0.2) is 14.8 Å². The lowest BCUT2D eigenvalue weighted by Crippen LogP contribution is -2.44. The van der Waals surface area contributed by atoms with Crippen molar-refractivity contribution in [3.63, 3.8) is 0 Å². The fourth-order valence-electron chi connectivity index (χ4n) is 5.76. The first-order valence-corrected chi connectivity index (χ1v) is 17.1. The molecule has 256 valence electrons. The molecule has 4 N–H and O–H groups in total. The Morgan fingerprint density at radius 3 is 2.32 bits per heavy atom. The summed E-state index contributed by atoms with van der Waals surface area (Å²) in [6, 6.07) is 9.42. The van der Waals surface area contributed by atoms with E-state index in [1.807, 2.05) is 12.1 Å². The number of nitriles is 1. The van der Waals surface area contributed by atoms with E-state index in [4.69, 9.17) is 9.81 Å². The van der Waals surface area contributed by atoms with Gasteiger partial charge in [-0.3, -0.25) is 9.35 Å². The first-order valence-electron chi connectivity index (χ1n) is 15.5. The molecule has 1 aromatic heterocycles. The van der Waals surface area contributed by atoms with Crippen LogP contribution in [0.15, 0.2) is 30.3 Å². The summed E-state index contributed by atoms with van der Waals surface area (Å²) in [5, 5.41) is 16.8. The van der Waals surface area contributed by atoms with Crippen molar-refractivity contribution in [3.8, 4) is 6.07 Å². The van der Waals surface area contributed by atoms with E-state index >= 15 is 0 Å². The molecule has 4 rings (SSSR count). The van der Waals surface area contributed by atoms with Crippen LogP contribution in [-0.4, -0.2) is 85.9 Å². The van der Waals surface area contributed by atoms with Gasteiger partial charge in [-0.05, 0) is 68.6 Å². The molecule has 0 aliphatic carbocycles. The number of anilines is 2. The van der Waals surface area contributed by atoms with Crippen LogP contribution in [0.3, 0.4) is 0 Å². The molecular weight excluding hydrogens is 641 g/mol. The van der Waals surface area contributed by atoms with Crippen LogP contribution >= 0.6 is 0 Å². The molecule has 47 heavy (non-hydrogen) atoms. The standard InChI is InChI=1S/C30H39F3N8O5S/c31-30(32,33)28-38-25(40-16-10-21(11-17-40)3-1-12-36-29(43)37-14-18-47(44,45)46)19-26(39-28)41-15-2-4-24(41)27(42)35-13-9-22-5-7-23(20-34)8-6-22/h5-8,19,21,24H,1-4,9-18H2,(H,35,42)(H2,36,37,43)(H,44,45,46).